The maximum Gasteiger partial charge on any atom is 0.211 e. The molecular formula is C16H13FN2O. The van der Waals surface area contributed by atoms with Gasteiger partial charge in [0.1, 0.15) is 11.5 Å². The van der Waals surface area contributed by atoms with Crippen molar-refractivity contribution in [2.75, 3.05) is 0 Å². The molecule has 1 aromatic heterocycles. The van der Waals surface area contributed by atoms with Crippen molar-refractivity contribution < 1.29 is 9.18 Å². The molecule has 0 saturated carbocycles. The fourth-order valence-electron chi connectivity index (χ4n) is 2.38. The first kappa shape index (κ1) is 12.5. The summed E-state index contributed by atoms with van der Waals surface area (Å²) in [5, 5.41) is 5.19. The fourth-order valence-corrected chi connectivity index (χ4v) is 2.38. The molecule has 0 aliphatic heterocycles. The number of ketones is 1. The number of aryl methyl sites for hydroxylation is 1. The first-order chi connectivity index (χ1) is 9.72. The van der Waals surface area contributed by atoms with E-state index in [2.05, 4.69) is 5.10 Å². The smallest absolute Gasteiger partial charge is 0.211 e. The lowest BCUT2D eigenvalue weighted by atomic mass is 9.99. The van der Waals surface area contributed by atoms with Gasteiger partial charge in [-0.1, -0.05) is 24.3 Å². The second-order valence-electron chi connectivity index (χ2n) is 4.50. The van der Waals surface area contributed by atoms with Gasteiger partial charge in [0.2, 0.25) is 5.78 Å². The maximum absolute atomic E-state index is 13.8. The average molecular weight is 268 g/mol. The summed E-state index contributed by atoms with van der Waals surface area (Å²) in [6.45, 7) is 2.54. The zero-order valence-electron chi connectivity index (χ0n) is 11.0. The molecule has 0 radical (unpaired) electrons. The van der Waals surface area contributed by atoms with Crippen LogP contribution >= 0.6 is 0 Å². The second-order valence-corrected chi connectivity index (χ2v) is 4.50. The molecule has 0 bridgehead atoms. The molecule has 20 heavy (non-hydrogen) atoms. The molecule has 4 heteroatoms. The first-order valence-electron chi connectivity index (χ1n) is 6.46. The summed E-state index contributed by atoms with van der Waals surface area (Å²) in [5.41, 5.74) is 1.02. The van der Waals surface area contributed by atoms with Crippen LogP contribution in [0.3, 0.4) is 0 Å². The third-order valence-corrected chi connectivity index (χ3v) is 3.36. The molecular weight excluding hydrogens is 255 g/mol. The highest BCUT2D eigenvalue weighted by Crippen LogP contribution is 2.24. The number of halogens is 1. The van der Waals surface area contributed by atoms with E-state index >= 15 is 0 Å². The number of rotatable bonds is 3. The van der Waals surface area contributed by atoms with Crippen molar-refractivity contribution in [1.29, 1.82) is 0 Å². The van der Waals surface area contributed by atoms with E-state index in [9.17, 15) is 9.18 Å². The molecule has 0 aliphatic rings. The Morgan fingerprint density at radius 1 is 1.15 bits per heavy atom. The molecule has 100 valence electrons. The van der Waals surface area contributed by atoms with Crippen LogP contribution in [0.5, 0.6) is 0 Å². The van der Waals surface area contributed by atoms with Crippen molar-refractivity contribution in [2.45, 2.75) is 13.5 Å². The molecule has 3 nitrogen and oxygen atoms in total. The van der Waals surface area contributed by atoms with Crippen LogP contribution in [0.4, 0.5) is 4.39 Å². The molecule has 0 amide bonds. The van der Waals surface area contributed by atoms with Crippen LogP contribution in [-0.2, 0) is 6.54 Å². The predicted molar refractivity (Wildman–Crippen MR) is 75.2 cm³/mol. The quantitative estimate of drug-likeness (QED) is 0.682. The van der Waals surface area contributed by atoms with E-state index in [1.165, 1.54) is 12.1 Å². The van der Waals surface area contributed by atoms with Gasteiger partial charge in [0.05, 0.1) is 0 Å². The molecule has 0 fully saturated rings. The Morgan fingerprint density at radius 2 is 1.90 bits per heavy atom. The van der Waals surface area contributed by atoms with E-state index < -0.39 is 0 Å². The van der Waals surface area contributed by atoms with Crippen molar-refractivity contribution in [2.24, 2.45) is 0 Å². The van der Waals surface area contributed by atoms with Gasteiger partial charge < -0.3 is 0 Å². The van der Waals surface area contributed by atoms with Gasteiger partial charge in [0.25, 0.3) is 0 Å². The van der Waals surface area contributed by atoms with Crippen molar-refractivity contribution in [3.63, 3.8) is 0 Å². The summed E-state index contributed by atoms with van der Waals surface area (Å²) in [6, 6.07) is 11.6. The number of hydrogen-bond donors (Lipinski definition) is 0. The number of aromatic nitrogens is 2. The van der Waals surface area contributed by atoms with Crippen LogP contribution in [0.15, 0.2) is 48.7 Å². The van der Waals surface area contributed by atoms with Crippen LogP contribution in [0.1, 0.15) is 23.0 Å². The largest absolute Gasteiger partial charge is 0.287 e. The molecule has 3 rings (SSSR count). The van der Waals surface area contributed by atoms with Gasteiger partial charge in [-0.15, -0.1) is 0 Å². The molecule has 0 spiro atoms. The molecule has 1 heterocycles. The van der Waals surface area contributed by atoms with Crippen LogP contribution in [-0.4, -0.2) is 15.6 Å². The normalized spacial score (nSPS) is 10.9. The number of hydrogen-bond acceptors (Lipinski definition) is 2. The fraction of sp³-hybridized carbons (Fsp3) is 0.125. The first-order valence-corrected chi connectivity index (χ1v) is 6.46. The lowest BCUT2D eigenvalue weighted by molar-refractivity contribution is 0.103. The zero-order valence-corrected chi connectivity index (χ0v) is 11.0. The van der Waals surface area contributed by atoms with Crippen LogP contribution in [0.2, 0.25) is 0 Å². The van der Waals surface area contributed by atoms with Gasteiger partial charge in [-0.2, -0.15) is 5.10 Å². The predicted octanol–water partition coefficient (Wildman–Crippen LogP) is 3.43. The summed E-state index contributed by atoms with van der Waals surface area (Å²) in [4.78, 5) is 12.6. The molecule has 0 N–H and O–H groups in total. The Morgan fingerprint density at radius 3 is 2.65 bits per heavy atom. The van der Waals surface area contributed by atoms with Crippen LogP contribution in [0.25, 0.3) is 10.8 Å². The summed E-state index contributed by atoms with van der Waals surface area (Å²) < 4.78 is 15.4. The minimum atomic E-state index is -0.318. The topological polar surface area (TPSA) is 34.9 Å². The maximum atomic E-state index is 13.8. The molecule has 0 saturated heterocycles. The van der Waals surface area contributed by atoms with Gasteiger partial charge in [0.15, 0.2) is 0 Å². The highest BCUT2D eigenvalue weighted by atomic mass is 19.1. The number of nitrogens with zero attached hydrogens (tertiary/aromatic N) is 2. The van der Waals surface area contributed by atoms with Gasteiger partial charge in [-0.3, -0.25) is 9.48 Å². The van der Waals surface area contributed by atoms with E-state index in [1.54, 1.807) is 41.2 Å². The second kappa shape index (κ2) is 4.89. The Hall–Kier alpha value is -2.49. The van der Waals surface area contributed by atoms with Gasteiger partial charge in [0, 0.05) is 23.7 Å². The zero-order chi connectivity index (χ0) is 14.1. The SMILES string of the molecule is CCn1nccc1C(=O)c1ccc(F)c2ccccc12. The highest BCUT2D eigenvalue weighted by Gasteiger charge is 2.17. The lowest BCUT2D eigenvalue weighted by Crippen LogP contribution is -2.11. The summed E-state index contributed by atoms with van der Waals surface area (Å²) in [5.74, 6) is -0.457. The van der Waals surface area contributed by atoms with Crippen LogP contribution < -0.4 is 0 Å². The summed E-state index contributed by atoms with van der Waals surface area (Å²) >= 11 is 0. The third-order valence-electron chi connectivity index (χ3n) is 3.36. The molecule has 2 aromatic carbocycles. The number of carbonyl (C=O) groups excluding carboxylic acids is 1. The molecule has 0 aliphatic carbocycles. The average Bonchev–Trinajstić information content (AvgIpc) is 2.96. The van der Waals surface area contributed by atoms with E-state index in [4.69, 9.17) is 0 Å². The van der Waals surface area contributed by atoms with Gasteiger partial charge in [-0.05, 0) is 30.5 Å². The van der Waals surface area contributed by atoms with Gasteiger partial charge in [-0.25, -0.2) is 4.39 Å². The Balaban J connectivity index is 2.20. The van der Waals surface area contributed by atoms with Crippen molar-refractivity contribution >= 4 is 16.6 Å². The standard InChI is InChI=1S/C16H13FN2O/c1-2-19-15(9-10-18-19)16(20)13-7-8-14(17)12-6-4-3-5-11(12)13/h3-10H,2H2,1H3. The molecule has 0 unspecified atom stereocenters. The summed E-state index contributed by atoms with van der Waals surface area (Å²) in [6.07, 6.45) is 1.60. The third kappa shape index (κ3) is 1.90. The molecule has 0 atom stereocenters. The van der Waals surface area contributed by atoms with E-state index in [0.29, 0.717) is 28.6 Å². The number of carbonyl (C=O) groups is 1. The van der Waals surface area contributed by atoms with Crippen molar-refractivity contribution in [3.8, 4) is 0 Å². The summed E-state index contributed by atoms with van der Waals surface area (Å²) in [7, 11) is 0. The monoisotopic (exact) mass is 268 g/mol. The van der Waals surface area contributed by atoms with E-state index in [-0.39, 0.29) is 11.6 Å². The minimum absolute atomic E-state index is 0.138. The van der Waals surface area contributed by atoms with Gasteiger partial charge >= 0.3 is 0 Å². The molecule has 3 aromatic rings. The number of benzene rings is 2. The Kier molecular flexibility index (Phi) is 3.06. The lowest BCUT2D eigenvalue weighted by Gasteiger charge is -2.08. The number of fused-ring (bicyclic) bond motifs is 1. The van der Waals surface area contributed by atoms with Crippen LogP contribution in [0, 0.1) is 5.82 Å². The van der Waals surface area contributed by atoms with Crippen molar-refractivity contribution in [3.05, 3.63) is 65.7 Å². The minimum Gasteiger partial charge on any atom is -0.287 e. The van der Waals surface area contributed by atoms with E-state index in [0.717, 1.165) is 0 Å². The highest BCUT2D eigenvalue weighted by molar-refractivity contribution is 6.15. The van der Waals surface area contributed by atoms with Crippen molar-refractivity contribution in [1.82, 2.24) is 9.78 Å². The Labute approximate surface area is 115 Å². The van der Waals surface area contributed by atoms with E-state index in [1.807, 2.05) is 6.92 Å². The Bertz CT molecular complexity index is 792.